The average molecular weight is 260 g/mol. The van der Waals surface area contributed by atoms with Crippen molar-refractivity contribution in [3.8, 4) is 5.75 Å². The van der Waals surface area contributed by atoms with Gasteiger partial charge in [-0.2, -0.15) is 0 Å². The first-order valence-corrected chi connectivity index (χ1v) is 7.64. The predicted molar refractivity (Wildman–Crippen MR) is 79.0 cm³/mol. The molecule has 1 aromatic carbocycles. The molecule has 1 aliphatic carbocycles. The number of hydrogen-bond acceptors (Lipinski definition) is 3. The summed E-state index contributed by atoms with van der Waals surface area (Å²) in [6.07, 6.45) is 6.74. The van der Waals surface area contributed by atoms with E-state index >= 15 is 0 Å². The zero-order chi connectivity index (χ0) is 12.9. The number of rotatable bonds is 3. The van der Waals surface area contributed by atoms with Crippen LogP contribution in [-0.4, -0.2) is 32.3 Å². The van der Waals surface area contributed by atoms with E-state index in [4.69, 9.17) is 4.74 Å². The van der Waals surface area contributed by atoms with Crippen LogP contribution in [0.5, 0.6) is 5.75 Å². The van der Waals surface area contributed by atoms with Gasteiger partial charge in [0.15, 0.2) is 0 Å². The maximum atomic E-state index is 6.10. The Labute approximate surface area is 115 Å². The summed E-state index contributed by atoms with van der Waals surface area (Å²) in [4.78, 5) is 2.46. The quantitative estimate of drug-likeness (QED) is 0.904. The molecule has 0 radical (unpaired) electrons. The zero-order valence-corrected chi connectivity index (χ0v) is 11.6. The Morgan fingerprint density at radius 3 is 2.84 bits per heavy atom. The number of nitrogens with zero attached hydrogens (tertiary/aromatic N) is 1. The normalized spacial score (nSPS) is 21.4. The third kappa shape index (κ3) is 3.41. The van der Waals surface area contributed by atoms with Crippen LogP contribution < -0.4 is 15.0 Å². The van der Waals surface area contributed by atoms with Crippen LogP contribution in [0.25, 0.3) is 0 Å². The van der Waals surface area contributed by atoms with Crippen LogP contribution in [0.1, 0.15) is 32.1 Å². The molecule has 1 aliphatic heterocycles. The van der Waals surface area contributed by atoms with E-state index < -0.39 is 0 Å². The van der Waals surface area contributed by atoms with E-state index in [9.17, 15) is 0 Å². The van der Waals surface area contributed by atoms with Gasteiger partial charge in [-0.05, 0) is 50.8 Å². The van der Waals surface area contributed by atoms with Crippen molar-refractivity contribution < 1.29 is 4.74 Å². The summed E-state index contributed by atoms with van der Waals surface area (Å²) in [6, 6.07) is 8.63. The van der Waals surface area contributed by atoms with Crippen molar-refractivity contribution in [1.29, 1.82) is 0 Å². The molecule has 104 valence electrons. The molecule has 3 nitrogen and oxygen atoms in total. The number of ether oxygens (including phenoxy) is 1. The lowest BCUT2D eigenvalue weighted by Crippen LogP contribution is -2.27. The minimum absolute atomic E-state index is 0.445. The standard InChI is InChI=1S/C16H24N2O/c1-2-7-15(6-1)19-16-8-3-5-14(13-16)18-11-4-9-17-10-12-18/h3,5,8,13,15,17H,1-2,4,6-7,9-12H2. The van der Waals surface area contributed by atoms with Crippen molar-refractivity contribution in [2.45, 2.75) is 38.2 Å². The molecule has 1 saturated carbocycles. The molecular weight excluding hydrogens is 236 g/mol. The molecule has 2 fully saturated rings. The Bertz CT molecular complexity index is 393. The summed E-state index contributed by atoms with van der Waals surface area (Å²) in [5, 5.41) is 3.45. The Morgan fingerprint density at radius 2 is 1.95 bits per heavy atom. The maximum Gasteiger partial charge on any atom is 0.121 e. The van der Waals surface area contributed by atoms with E-state index in [0.717, 1.165) is 31.9 Å². The number of nitrogens with one attached hydrogen (secondary N) is 1. The van der Waals surface area contributed by atoms with Crippen LogP contribution in [0.3, 0.4) is 0 Å². The third-order valence-electron chi connectivity index (χ3n) is 4.13. The van der Waals surface area contributed by atoms with E-state index in [-0.39, 0.29) is 0 Å². The second kappa shape index (κ2) is 6.29. The molecule has 3 heteroatoms. The molecule has 1 N–H and O–H groups in total. The summed E-state index contributed by atoms with van der Waals surface area (Å²) < 4.78 is 6.10. The molecule has 0 unspecified atom stereocenters. The minimum atomic E-state index is 0.445. The fourth-order valence-electron chi connectivity index (χ4n) is 3.06. The lowest BCUT2D eigenvalue weighted by atomic mass is 10.2. The van der Waals surface area contributed by atoms with Crippen LogP contribution in [0, 0.1) is 0 Å². The van der Waals surface area contributed by atoms with Gasteiger partial charge in [-0.15, -0.1) is 0 Å². The minimum Gasteiger partial charge on any atom is -0.490 e. The van der Waals surface area contributed by atoms with E-state index in [1.54, 1.807) is 0 Å². The molecule has 1 saturated heterocycles. The van der Waals surface area contributed by atoms with Gasteiger partial charge < -0.3 is 15.0 Å². The molecule has 0 atom stereocenters. The largest absolute Gasteiger partial charge is 0.490 e. The fourth-order valence-corrected chi connectivity index (χ4v) is 3.06. The summed E-state index contributed by atoms with van der Waals surface area (Å²) in [5.41, 5.74) is 1.30. The van der Waals surface area contributed by atoms with Crippen molar-refractivity contribution >= 4 is 5.69 Å². The summed E-state index contributed by atoms with van der Waals surface area (Å²) >= 11 is 0. The van der Waals surface area contributed by atoms with Crippen LogP contribution in [0.2, 0.25) is 0 Å². The highest BCUT2D eigenvalue weighted by Gasteiger charge is 2.17. The van der Waals surface area contributed by atoms with Gasteiger partial charge in [0.1, 0.15) is 5.75 Å². The summed E-state index contributed by atoms with van der Waals surface area (Å²) in [5.74, 6) is 1.04. The van der Waals surface area contributed by atoms with Gasteiger partial charge >= 0.3 is 0 Å². The van der Waals surface area contributed by atoms with Gasteiger partial charge in [0.25, 0.3) is 0 Å². The molecule has 19 heavy (non-hydrogen) atoms. The molecule has 0 spiro atoms. The van der Waals surface area contributed by atoms with Crippen molar-refractivity contribution in [2.75, 3.05) is 31.1 Å². The highest BCUT2D eigenvalue weighted by Crippen LogP contribution is 2.27. The third-order valence-corrected chi connectivity index (χ3v) is 4.13. The van der Waals surface area contributed by atoms with Gasteiger partial charge in [0.2, 0.25) is 0 Å². The van der Waals surface area contributed by atoms with Crippen molar-refractivity contribution in [3.05, 3.63) is 24.3 Å². The van der Waals surface area contributed by atoms with E-state index in [1.807, 2.05) is 0 Å². The monoisotopic (exact) mass is 260 g/mol. The SMILES string of the molecule is c1cc(OC2CCCC2)cc(N2CCCNCC2)c1. The van der Waals surface area contributed by atoms with Gasteiger partial charge in [-0.25, -0.2) is 0 Å². The molecule has 1 aromatic rings. The summed E-state index contributed by atoms with van der Waals surface area (Å²) in [6.45, 7) is 4.44. The predicted octanol–water partition coefficient (Wildman–Crippen LogP) is 2.81. The lowest BCUT2D eigenvalue weighted by molar-refractivity contribution is 0.210. The molecule has 0 bridgehead atoms. The molecule has 3 rings (SSSR count). The Kier molecular flexibility index (Phi) is 4.23. The smallest absolute Gasteiger partial charge is 0.121 e. The molecular formula is C16H24N2O. The first-order valence-electron chi connectivity index (χ1n) is 7.64. The second-order valence-corrected chi connectivity index (χ2v) is 5.61. The lowest BCUT2D eigenvalue weighted by Gasteiger charge is -2.23. The Morgan fingerprint density at radius 1 is 1.05 bits per heavy atom. The fraction of sp³-hybridized carbons (Fsp3) is 0.625. The van der Waals surface area contributed by atoms with E-state index in [1.165, 1.54) is 37.8 Å². The van der Waals surface area contributed by atoms with Crippen LogP contribution >= 0.6 is 0 Å². The van der Waals surface area contributed by atoms with Crippen LogP contribution in [-0.2, 0) is 0 Å². The number of hydrogen-bond donors (Lipinski definition) is 1. The van der Waals surface area contributed by atoms with Crippen molar-refractivity contribution in [3.63, 3.8) is 0 Å². The van der Waals surface area contributed by atoms with Gasteiger partial charge in [0, 0.05) is 31.4 Å². The molecule has 0 aromatic heterocycles. The maximum absolute atomic E-state index is 6.10. The first kappa shape index (κ1) is 12.8. The van der Waals surface area contributed by atoms with Gasteiger partial charge in [-0.3, -0.25) is 0 Å². The molecule has 0 amide bonds. The van der Waals surface area contributed by atoms with Crippen LogP contribution in [0.15, 0.2) is 24.3 Å². The zero-order valence-electron chi connectivity index (χ0n) is 11.6. The van der Waals surface area contributed by atoms with E-state index in [0.29, 0.717) is 6.10 Å². The van der Waals surface area contributed by atoms with Crippen molar-refractivity contribution in [1.82, 2.24) is 5.32 Å². The Hall–Kier alpha value is -1.22. The first-order chi connectivity index (χ1) is 9.42. The van der Waals surface area contributed by atoms with Crippen LogP contribution in [0.4, 0.5) is 5.69 Å². The Balaban J connectivity index is 1.67. The van der Waals surface area contributed by atoms with Crippen molar-refractivity contribution in [2.24, 2.45) is 0 Å². The number of anilines is 1. The highest BCUT2D eigenvalue weighted by molar-refractivity contribution is 5.51. The van der Waals surface area contributed by atoms with E-state index in [2.05, 4.69) is 34.5 Å². The molecule has 2 aliphatic rings. The summed E-state index contributed by atoms with van der Waals surface area (Å²) in [7, 11) is 0. The second-order valence-electron chi connectivity index (χ2n) is 5.61. The van der Waals surface area contributed by atoms with Gasteiger partial charge in [-0.1, -0.05) is 6.07 Å². The highest BCUT2D eigenvalue weighted by atomic mass is 16.5. The average Bonchev–Trinajstić information content (AvgIpc) is 2.79. The van der Waals surface area contributed by atoms with Gasteiger partial charge in [0.05, 0.1) is 6.10 Å². The topological polar surface area (TPSA) is 24.5 Å². The molecule has 1 heterocycles. The number of benzene rings is 1.